The van der Waals surface area contributed by atoms with Crippen LogP contribution >= 0.6 is 11.3 Å². The third kappa shape index (κ3) is 4.01. The maximum atomic E-state index is 12.2. The summed E-state index contributed by atoms with van der Waals surface area (Å²) in [5.74, 6) is -0.111. The maximum absolute atomic E-state index is 12.2. The topological polar surface area (TPSA) is 71.5 Å². The molecule has 1 fully saturated rings. The van der Waals surface area contributed by atoms with Crippen molar-refractivity contribution in [2.45, 2.75) is 39.4 Å². The van der Waals surface area contributed by atoms with Crippen LogP contribution in [0.1, 0.15) is 26.5 Å². The van der Waals surface area contributed by atoms with Gasteiger partial charge in [0, 0.05) is 25.4 Å². The van der Waals surface area contributed by atoms with Crippen molar-refractivity contribution in [2.24, 2.45) is 0 Å². The van der Waals surface area contributed by atoms with E-state index in [2.05, 4.69) is 10.3 Å². The number of hydrogen-bond acceptors (Lipinski definition) is 5. The van der Waals surface area contributed by atoms with Gasteiger partial charge >= 0.3 is 0 Å². The maximum Gasteiger partial charge on any atom is 0.228 e. The third-order valence-corrected chi connectivity index (χ3v) is 3.75. The Hall–Kier alpha value is -1.47. The Bertz CT molecular complexity index is 493. The highest BCUT2D eigenvalue weighted by Gasteiger charge is 2.26. The zero-order valence-electron chi connectivity index (χ0n) is 11.9. The van der Waals surface area contributed by atoms with Gasteiger partial charge in [0.15, 0.2) is 5.13 Å². The van der Waals surface area contributed by atoms with Crippen molar-refractivity contribution in [3.8, 4) is 0 Å². The number of nitrogens with one attached hydrogen (secondary N) is 1. The Morgan fingerprint density at radius 3 is 2.70 bits per heavy atom. The van der Waals surface area contributed by atoms with Crippen molar-refractivity contribution < 1.29 is 14.3 Å². The average molecular weight is 297 g/mol. The second kappa shape index (κ2) is 6.32. The number of aromatic nitrogens is 1. The molecular formula is C13H19N3O3S. The van der Waals surface area contributed by atoms with Crippen molar-refractivity contribution in [1.82, 2.24) is 9.88 Å². The van der Waals surface area contributed by atoms with Crippen LogP contribution in [-0.2, 0) is 20.7 Å². The van der Waals surface area contributed by atoms with Gasteiger partial charge < -0.3 is 15.0 Å². The molecule has 0 bridgehead atoms. The van der Waals surface area contributed by atoms with Crippen LogP contribution in [0.5, 0.6) is 0 Å². The van der Waals surface area contributed by atoms with Crippen molar-refractivity contribution >= 4 is 28.3 Å². The average Bonchev–Trinajstić information content (AvgIpc) is 2.74. The van der Waals surface area contributed by atoms with E-state index in [0.29, 0.717) is 23.9 Å². The number of rotatable bonds is 3. The molecule has 1 aliphatic rings. The minimum absolute atomic E-state index is 0.0478. The zero-order valence-corrected chi connectivity index (χ0v) is 12.7. The van der Waals surface area contributed by atoms with Gasteiger partial charge in [-0.25, -0.2) is 4.98 Å². The molecule has 0 radical (unpaired) electrons. The SMILES string of the molecule is CC(=O)Nc1nc(CC(=O)N2CC(C)OC(C)C2)cs1. The van der Waals surface area contributed by atoms with Crippen LogP contribution in [0, 0.1) is 0 Å². The van der Waals surface area contributed by atoms with E-state index in [4.69, 9.17) is 4.74 Å². The normalized spacial score (nSPS) is 22.6. The third-order valence-electron chi connectivity index (χ3n) is 2.94. The first-order chi connectivity index (χ1) is 9.44. The number of morpholine rings is 1. The van der Waals surface area contributed by atoms with Crippen molar-refractivity contribution in [1.29, 1.82) is 0 Å². The Balaban J connectivity index is 1.93. The van der Waals surface area contributed by atoms with Gasteiger partial charge in [-0.2, -0.15) is 0 Å². The smallest absolute Gasteiger partial charge is 0.228 e. The molecule has 0 aromatic carbocycles. The summed E-state index contributed by atoms with van der Waals surface area (Å²) < 4.78 is 5.61. The summed E-state index contributed by atoms with van der Waals surface area (Å²) in [6.45, 7) is 6.60. The number of carbonyl (C=O) groups is 2. The van der Waals surface area contributed by atoms with E-state index in [1.54, 1.807) is 5.38 Å². The standard InChI is InChI=1S/C13H19N3O3S/c1-8-5-16(6-9(2)19-8)12(18)4-11-7-20-13(15-11)14-10(3)17/h7-9H,4-6H2,1-3H3,(H,14,15,17). The van der Waals surface area contributed by atoms with E-state index in [9.17, 15) is 9.59 Å². The van der Waals surface area contributed by atoms with Gasteiger partial charge in [-0.15, -0.1) is 11.3 Å². The van der Waals surface area contributed by atoms with Gasteiger partial charge in [0.1, 0.15) is 0 Å². The molecule has 1 aromatic heterocycles. The lowest BCUT2D eigenvalue weighted by Crippen LogP contribution is -2.48. The fraction of sp³-hybridized carbons (Fsp3) is 0.615. The Kier molecular flexibility index (Phi) is 4.72. The monoisotopic (exact) mass is 297 g/mol. The highest BCUT2D eigenvalue weighted by atomic mass is 32.1. The van der Waals surface area contributed by atoms with Crippen LogP contribution < -0.4 is 5.32 Å². The first kappa shape index (κ1) is 14.9. The minimum atomic E-state index is -0.159. The summed E-state index contributed by atoms with van der Waals surface area (Å²) in [6, 6.07) is 0. The van der Waals surface area contributed by atoms with Crippen molar-refractivity contribution in [3.63, 3.8) is 0 Å². The van der Waals surface area contributed by atoms with E-state index in [-0.39, 0.29) is 30.4 Å². The molecule has 110 valence electrons. The molecule has 1 N–H and O–H groups in total. The lowest BCUT2D eigenvalue weighted by molar-refractivity contribution is -0.142. The van der Waals surface area contributed by atoms with Crippen LogP contribution in [0.15, 0.2) is 5.38 Å². The number of thiazole rings is 1. The van der Waals surface area contributed by atoms with E-state index in [0.717, 1.165) is 0 Å². The summed E-state index contributed by atoms with van der Waals surface area (Å²) in [7, 11) is 0. The number of hydrogen-bond donors (Lipinski definition) is 1. The molecule has 0 aliphatic carbocycles. The number of amides is 2. The summed E-state index contributed by atoms with van der Waals surface area (Å²) in [6.07, 6.45) is 0.386. The quantitative estimate of drug-likeness (QED) is 0.912. The first-order valence-electron chi connectivity index (χ1n) is 6.59. The Labute approximate surface area is 122 Å². The summed E-state index contributed by atoms with van der Waals surface area (Å²) >= 11 is 1.33. The molecule has 0 saturated carbocycles. The lowest BCUT2D eigenvalue weighted by Gasteiger charge is -2.35. The fourth-order valence-corrected chi connectivity index (χ4v) is 3.00. The van der Waals surface area contributed by atoms with Gasteiger partial charge in [0.05, 0.1) is 24.3 Å². The number of nitrogens with zero attached hydrogens (tertiary/aromatic N) is 2. The van der Waals surface area contributed by atoms with Gasteiger partial charge in [-0.05, 0) is 13.8 Å². The molecule has 0 spiro atoms. The van der Waals surface area contributed by atoms with Crippen molar-refractivity contribution in [2.75, 3.05) is 18.4 Å². The van der Waals surface area contributed by atoms with Gasteiger partial charge in [-0.1, -0.05) is 0 Å². The predicted molar refractivity (Wildman–Crippen MR) is 76.7 cm³/mol. The zero-order chi connectivity index (χ0) is 14.7. The second-order valence-corrected chi connectivity index (χ2v) is 5.92. The number of ether oxygens (including phenoxy) is 1. The number of carbonyl (C=O) groups excluding carboxylic acids is 2. The van der Waals surface area contributed by atoms with Gasteiger partial charge in [-0.3, -0.25) is 9.59 Å². The molecule has 6 nitrogen and oxygen atoms in total. The summed E-state index contributed by atoms with van der Waals surface area (Å²) in [4.78, 5) is 29.2. The van der Waals surface area contributed by atoms with Gasteiger partial charge in [0.25, 0.3) is 0 Å². The molecule has 2 heterocycles. The Morgan fingerprint density at radius 2 is 2.10 bits per heavy atom. The van der Waals surface area contributed by atoms with E-state index in [1.807, 2.05) is 18.7 Å². The molecule has 1 aromatic rings. The predicted octanol–water partition coefficient (Wildman–Crippen LogP) is 1.28. The van der Waals surface area contributed by atoms with Gasteiger partial charge in [0.2, 0.25) is 11.8 Å². The van der Waals surface area contributed by atoms with Crippen LogP contribution in [-0.4, -0.2) is 47.0 Å². The highest BCUT2D eigenvalue weighted by Crippen LogP contribution is 2.17. The molecule has 2 atom stereocenters. The van der Waals surface area contributed by atoms with E-state index < -0.39 is 0 Å². The van der Waals surface area contributed by atoms with Crippen molar-refractivity contribution in [3.05, 3.63) is 11.1 Å². The van der Waals surface area contributed by atoms with Crippen LogP contribution in [0.3, 0.4) is 0 Å². The minimum Gasteiger partial charge on any atom is -0.372 e. The molecule has 2 amide bonds. The summed E-state index contributed by atoms with van der Waals surface area (Å²) in [5.41, 5.74) is 0.690. The molecule has 7 heteroatoms. The van der Waals surface area contributed by atoms with E-state index >= 15 is 0 Å². The molecule has 20 heavy (non-hydrogen) atoms. The first-order valence-corrected chi connectivity index (χ1v) is 7.47. The molecule has 1 aliphatic heterocycles. The van der Waals surface area contributed by atoms with E-state index in [1.165, 1.54) is 18.3 Å². The largest absolute Gasteiger partial charge is 0.372 e. The Morgan fingerprint density at radius 1 is 1.45 bits per heavy atom. The second-order valence-electron chi connectivity index (χ2n) is 5.06. The molecular weight excluding hydrogens is 278 g/mol. The molecule has 1 saturated heterocycles. The molecule has 2 unspecified atom stereocenters. The lowest BCUT2D eigenvalue weighted by atomic mass is 10.2. The molecule has 2 rings (SSSR count). The fourth-order valence-electron chi connectivity index (χ4n) is 2.24. The highest BCUT2D eigenvalue weighted by molar-refractivity contribution is 7.13. The van der Waals surface area contributed by atoms with Crippen LogP contribution in [0.25, 0.3) is 0 Å². The summed E-state index contributed by atoms with van der Waals surface area (Å²) in [5, 5.41) is 4.95. The van der Waals surface area contributed by atoms with Crippen LogP contribution in [0.4, 0.5) is 5.13 Å². The van der Waals surface area contributed by atoms with Crippen LogP contribution in [0.2, 0.25) is 0 Å². The number of anilines is 1.